The number of nitrogens with zero attached hydrogens (tertiary/aromatic N) is 1. The minimum Gasteiger partial charge on any atom is -0.480 e. The number of nitrogens with one attached hydrogen (secondary N) is 2. The van der Waals surface area contributed by atoms with Gasteiger partial charge in [0.05, 0.1) is 0 Å². The highest BCUT2D eigenvalue weighted by Crippen LogP contribution is 2.31. The predicted molar refractivity (Wildman–Crippen MR) is 141 cm³/mol. The molecule has 0 saturated heterocycles. The number of anilines is 1. The molecule has 0 radical (unpaired) electrons. The lowest BCUT2D eigenvalue weighted by molar-refractivity contribution is -0.139. The Morgan fingerprint density at radius 1 is 0.947 bits per heavy atom. The first-order valence-electron chi connectivity index (χ1n) is 12.0. The largest absolute Gasteiger partial charge is 0.480 e. The molecule has 3 N–H and O–H groups in total. The van der Waals surface area contributed by atoms with Crippen LogP contribution in [0.2, 0.25) is 0 Å². The summed E-state index contributed by atoms with van der Waals surface area (Å²) >= 11 is 0. The van der Waals surface area contributed by atoms with Crippen molar-refractivity contribution in [2.24, 2.45) is 0 Å². The number of aliphatic carboxylic acids is 1. The smallest absolute Gasteiger partial charge is 0.412 e. The number of aryl methyl sites for hydroxylation is 1. The van der Waals surface area contributed by atoms with Gasteiger partial charge in [0.25, 0.3) is 5.91 Å². The maximum absolute atomic E-state index is 12.7. The monoisotopic (exact) mass is 513 g/mol. The second kappa shape index (κ2) is 11.9. The van der Waals surface area contributed by atoms with Crippen molar-refractivity contribution in [3.63, 3.8) is 0 Å². The van der Waals surface area contributed by atoms with Gasteiger partial charge in [-0.3, -0.25) is 10.1 Å². The molecule has 0 bridgehead atoms. The second-order valence-corrected chi connectivity index (χ2v) is 8.69. The third-order valence-electron chi connectivity index (χ3n) is 5.94. The van der Waals surface area contributed by atoms with E-state index in [1.807, 2.05) is 48.5 Å². The maximum Gasteiger partial charge on any atom is 0.412 e. The van der Waals surface area contributed by atoms with Crippen molar-refractivity contribution in [3.8, 4) is 11.3 Å². The summed E-state index contributed by atoms with van der Waals surface area (Å²) in [7, 11) is 0. The SMILES string of the molecule is Cc1noc(-c2ccc(C(=O)NC(Cc3ccccc3)C(=O)O)cc2)c1NC(=O)O[C@@H](C)c1ccccc1. The van der Waals surface area contributed by atoms with E-state index in [-0.39, 0.29) is 12.0 Å². The van der Waals surface area contributed by atoms with E-state index >= 15 is 0 Å². The molecule has 0 aliphatic carbocycles. The number of aromatic nitrogens is 1. The number of carbonyl (C=O) groups is 3. The zero-order valence-corrected chi connectivity index (χ0v) is 20.9. The predicted octanol–water partition coefficient (Wildman–Crippen LogP) is 5.39. The van der Waals surface area contributed by atoms with Crippen LogP contribution in [0.15, 0.2) is 89.5 Å². The fourth-order valence-electron chi connectivity index (χ4n) is 3.86. The lowest BCUT2D eigenvalue weighted by atomic mass is 10.0. The Hall–Kier alpha value is -4.92. The lowest BCUT2D eigenvalue weighted by Crippen LogP contribution is -2.42. The highest BCUT2D eigenvalue weighted by atomic mass is 16.6. The van der Waals surface area contributed by atoms with Crippen LogP contribution in [0.5, 0.6) is 0 Å². The number of hydrogen-bond donors (Lipinski definition) is 3. The summed E-state index contributed by atoms with van der Waals surface area (Å²) < 4.78 is 10.9. The van der Waals surface area contributed by atoms with Gasteiger partial charge in [0.2, 0.25) is 0 Å². The number of carboxylic acid groups (broad SMARTS) is 1. The first-order valence-corrected chi connectivity index (χ1v) is 12.0. The molecule has 2 atom stereocenters. The molecule has 4 aromatic rings. The first kappa shape index (κ1) is 26.2. The molecular weight excluding hydrogens is 486 g/mol. The Bertz CT molecular complexity index is 1400. The quantitative estimate of drug-likeness (QED) is 0.274. The maximum atomic E-state index is 12.7. The van der Waals surface area contributed by atoms with E-state index in [0.29, 0.717) is 22.7 Å². The first-order chi connectivity index (χ1) is 18.3. The Morgan fingerprint density at radius 2 is 1.58 bits per heavy atom. The molecule has 0 fully saturated rings. The Labute approximate surface area is 219 Å². The molecular formula is C29H27N3O6. The zero-order chi connectivity index (χ0) is 27.1. The van der Waals surface area contributed by atoms with Crippen LogP contribution >= 0.6 is 0 Å². The summed E-state index contributed by atoms with van der Waals surface area (Å²) in [5.41, 5.74) is 3.29. The normalized spacial score (nSPS) is 12.3. The number of amides is 2. The van der Waals surface area contributed by atoms with E-state index in [1.165, 1.54) is 0 Å². The number of hydrogen-bond acceptors (Lipinski definition) is 6. The Balaban J connectivity index is 1.43. The van der Waals surface area contributed by atoms with Gasteiger partial charge in [-0.15, -0.1) is 0 Å². The zero-order valence-electron chi connectivity index (χ0n) is 20.9. The van der Waals surface area contributed by atoms with E-state index in [9.17, 15) is 19.5 Å². The van der Waals surface area contributed by atoms with E-state index < -0.39 is 30.1 Å². The fraction of sp³-hybridized carbons (Fsp3) is 0.172. The summed E-state index contributed by atoms with van der Waals surface area (Å²) in [6, 6.07) is 23.7. The van der Waals surface area contributed by atoms with Gasteiger partial charge < -0.3 is 19.7 Å². The van der Waals surface area contributed by atoms with Crippen LogP contribution < -0.4 is 10.6 Å². The number of rotatable bonds is 9. The van der Waals surface area contributed by atoms with Gasteiger partial charge in [-0.1, -0.05) is 78.0 Å². The molecule has 2 amide bonds. The van der Waals surface area contributed by atoms with Gasteiger partial charge in [-0.2, -0.15) is 0 Å². The van der Waals surface area contributed by atoms with Crippen LogP contribution in [0.3, 0.4) is 0 Å². The molecule has 9 nitrogen and oxygen atoms in total. The van der Waals surface area contributed by atoms with Gasteiger partial charge >= 0.3 is 12.1 Å². The molecule has 1 heterocycles. The minimum absolute atomic E-state index is 0.158. The van der Waals surface area contributed by atoms with Crippen LogP contribution in [0.4, 0.5) is 10.5 Å². The summed E-state index contributed by atoms with van der Waals surface area (Å²) in [5, 5.41) is 18.8. The number of benzene rings is 3. The van der Waals surface area contributed by atoms with Gasteiger partial charge in [0, 0.05) is 17.5 Å². The number of carbonyl (C=O) groups excluding carboxylic acids is 2. The van der Waals surface area contributed by atoms with E-state index in [1.54, 1.807) is 50.2 Å². The summed E-state index contributed by atoms with van der Waals surface area (Å²) in [4.78, 5) is 37.0. The molecule has 1 aromatic heterocycles. The van der Waals surface area contributed by atoms with Crippen molar-refractivity contribution in [1.29, 1.82) is 0 Å². The average molecular weight is 514 g/mol. The van der Waals surface area contributed by atoms with Crippen molar-refractivity contribution >= 4 is 23.7 Å². The Kier molecular flexibility index (Phi) is 8.17. The van der Waals surface area contributed by atoms with Crippen LogP contribution in [0, 0.1) is 6.92 Å². The van der Waals surface area contributed by atoms with Crippen molar-refractivity contribution in [3.05, 3.63) is 107 Å². The van der Waals surface area contributed by atoms with Crippen molar-refractivity contribution in [1.82, 2.24) is 10.5 Å². The lowest BCUT2D eigenvalue weighted by Gasteiger charge is -2.15. The standard InChI is InChI=1S/C29H27N3O6/c1-18-25(31-29(36)37-19(2)21-11-7-4-8-12-21)26(38-32-18)22-13-15-23(16-14-22)27(33)30-24(28(34)35)17-20-9-5-3-6-10-20/h3-16,19,24H,17H2,1-2H3,(H,30,33)(H,31,36)(H,34,35)/t19-,24?/m0/s1. The molecule has 4 rings (SSSR count). The van der Waals surface area contributed by atoms with Crippen LogP contribution in [0.25, 0.3) is 11.3 Å². The average Bonchev–Trinajstić information content (AvgIpc) is 3.28. The van der Waals surface area contributed by atoms with Crippen molar-refractivity contribution < 1.29 is 28.8 Å². The number of carboxylic acids is 1. The second-order valence-electron chi connectivity index (χ2n) is 8.69. The number of ether oxygens (including phenoxy) is 1. The molecule has 0 aliphatic rings. The highest BCUT2D eigenvalue weighted by molar-refractivity contribution is 5.97. The third kappa shape index (κ3) is 6.44. The molecule has 0 aliphatic heterocycles. The third-order valence-corrected chi connectivity index (χ3v) is 5.94. The van der Waals surface area contributed by atoms with Gasteiger partial charge in [0.1, 0.15) is 23.5 Å². The molecule has 3 aromatic carbocycles. The minimum atomic E-state index is -1.12. The topological polar surface area (TPSA) is 131 Å². The summed E-state index contributed by atoms with van der Waals surface area (Å²) in [6.45, 7) is 3.46. The van der Waals surface area contributed by atoms with Crippen LogP contribution in [-0.2, 0) is 16.0 Å². The molecule has 0 spiro atoms. The molecule has 194 valence electrons. The summed E-state index contributed by atoms with van der Waals surface area (Å²) in [6.07, 6.45) is -0.970. The van der Waals surface area contributed by atoms with Crippen molar-refractivity contribution in [2.45, 2.75) is 32.4 Å². The Morgan fingerprint density at radius 3 is 2.21 bits per heavy atom. The van der Waals surface area contributed by atoms with E-state index in [4.69, 9.17) is 9.26 Å². The van der Waals surface area contributed by atoms with Gasteiger partial charge in [-0.25, -0.2) is 9.59 Å². The van der Waals surface area contributed by atoms with Crippen LogP contribution in [0.1, 0.15) is 40.2 Å². The van der Waals surface area contributed by atoms with Gasteiger partial charge in [-0.05, 0) is 37.1 Å². The molecule has 1 unspecified atom stereocenters. The van der Waals surface area contributed by atoms with Crippen molar-refractivity contribution in [2.75, 3.05) is 5.32 Å². The van der Waals surface area contributed by atoms with E-state index in [0.717, 1.165) is 11.1 Å². The fourth-order valence-corrected chi connectivity index (χ4v) is 3.86. The summed E-state index contributed by atoms with van der Waals surface area (Å²) in [5.74, 6) is -1.35. The highest BCUT2D eigenvalue weighted by Gasteiger charge is 2.23. The van der Waals surface area contributed by atoms with Crippen LogP contribution in [-0.4, -0.2) is 34.3 Å². The molecule has 9 heteroatoms. The van der Waals surface area contributed by atoms with Gasteiger partial charge in [0.15, 0.2) is 5.76 Å². The van der Waals surface area contributed by atoms with E-state index in [2.05, 4.69) is 15.8 Å². The molecule has 0 saturated carbocycles. The molecule has 38 heavy (non-hydrogen) atoms.